The molecule has 5 heteroatoms. The molecule has 0 bridgehead atoms. The molecule has 5 nitrogen and oxygen atoms in total. The highest BCUT2D eigenvalue weighted by atomic mass is 16.4. The lowest BCUT2D eigenvalue weighted by atomic mass is 10.1. The van der Waals surface area contributed by atoms with E-state index in [4.69, 9.17) is 10.2 Å². The van der Waals surface area contributed by atoms with Crippen molar-refractivity contribution in [2.75, 3.05) is 11.4 Å². The van der Waals surface area contributed by atoms with Gasteiger partial charge in [-0.15, -0.1) is 0 Å². The second-order valence-corrected chi connectivity index (χ2v) is 6.77. The third-order valence-corrected chi connectivity index (χ3v) is 4.43. The van der Waals surface area contributed by atoms with Crippen molar-refractivity contribution in [2.24, 2.45) is 0 Å². The average molecular weight is 363 g/mol. The summed E-state index contributed by atoms with van der Waals surface area (Å²) in [4.78, 5) is 24.3. The van der Waals surface area contributed by atoms with E-state index in [-0.39, 0.29) is 0 Å². The zero-order valence-corrected chi connectivity index (χ0v) is 15.3. The van der Waals surface area contributed by atoms with Gasteiger partial charge in [-0.3, -0.25) is 0 Å². The van der Waals surface area contributed by atoms with Crippen molar-refractivity contribution >= 4 is 35.5 Å². The summed E-state index contributed by atoms with van der Waals surface area (Å²) in [5.41, 5.74) is 5.58. The third kappa shape index (κ3) is 4.08. The molecule has 0 radical (unpaired) electrons. The first-order valence-corrected chi connectivity index (χ1v) is 8.69. The van der Waals surface area contributed by atoms with Crippen LogP contribution in [0.1, 0.15) is 30.5 Å². The molecule has 0 saturated heterocycles. The van der Waals surface area contributed by atoms with Gasteiger partial charge in [-0.05, 0) is 67.3 Å². The average Bonchev–Trinajstić information content (AvgIpc) is 3.02. The van der Waals surface area contributed by atoms with E-state index in [1.54, 1.807) is 6.07 Å². The van der Waals surface area contributed by atoms with Crippen LogP contribution in [0.25, 0.3) is 12.2 Å². The number of carboxylic acids is 2. The molecule has 0 aliphatic carbocycles. The predicted octanol–water partition coefficient (Wildman–Crippen LogP) is 4.36. The first kappa shape index (κ1) is 18.5. The summed E-state index contributed by atoms with van der Waals surface area (Å²) in [5.74, 6) is -2.89. The van der Waals surface area contributed by atoms with Crippen molar-refractivity contribution in [1.82, 2.24) is 0 Å². The molecular formula is C22H21NO4. The lowest BCUT2D eigenvalue weighted by Gasteiger charge is -2.20. The summed E-state index contributed by atoms with van der Waals surface area (Å²) in [7, 11) is 0. The molecule has 0 unspecified atom stereocenters. The summed E-state index contributed by atoms with van der Waals surface area (Å²) in [6.07, 6.45) is 4.15. The van der Waals surface area contributed by atoms with E-state index in [9.17, 15) is 9.59 Å². The van der Waals surface area contributed by atoms with Crippen molar-refractivity contribution in [3.63, 3.8) is 0 Å². The topological polar surface area (TPSA) is 77.8 Å². The van der Waals surface area contributed by atoms with Crippen molar-refractivity contribution in [3.8, 4) is 0 Å². The number of hydrogen-bond acceptors (Lipinski definition) is 3. The van der Waals surface area contributed by atoms with E-state index in [2.05, 4.69) is 49.1 Å². The second-order valence-electron chi connectivity index (χ2n) is 6.77. The number of anilines is 2. The highest BCUT2D eigenvalue weighted by molar-refractivity contribution is 6.16. The Kier molecular flexibility index (Phi) is 5.12. The van der Waals surface area contributed by atoms with E-state index in [0.717, 1.165) is 35.5 Å². The summed E-state index contributed by atoms with van der Waals surface area (Å²) in [6.45, 7) is 4.96. The van der Waals surface area contributed by atoms with Gasteiger partial charge in [-0.2, -0.15) is 0 Å². The van der Waals surface area contributed by atoms with Gasteiger partial charge in [0.25, 0.3) is 0 Å². The predicted molar refractivity (Wildman–Crippen MR) is 106 cm³/mol. The molecule has 1 heterocycles. The van der Waals surface area contributed by atoms with Gasteiger partial charge in [0.05, 0.1) is 0 Å². The Balaban J connectivity index is 1.88. The molecule has 138 valence electrons. The second kappa shape index (κ2) is 7.50. The minimum atomic E-state index is -1.44. The van der Waals surface area contributed by atoms with E-state index in [1.807, 2.05) is 12.1 Å². The standard InChI is InChI=1S/C22H21NO4/c1-14(2)11-15-3-6-18(7-4-15)23-10-9-17-12-16(5-8-20(17)23)13-19(21(24)25)22(26)27/h3-8,11-13H,9-10H2,1-2H3,(H,24,25)(H,26,27). The number of nitrogens with zero attached hydrogens (tertiary/aromatic N) is 1. The molecule has 0 saturated carbocycles. The molecular weight excluding hydrogens is 342 g/mol. The van der Waals surface area contributed by atoms with Gasteiger partial charge < -0.3 is 15.1 Å². The van der Waals surface area contributed by atoms with Crippen LogP contribution in [-0.4, -0.2) is 28.7 Å². The molecule has 2 aromatic carbocycles. The number of rotatable bonds is 5. The van der Waals surface area contributed by atoms with Crippen LogP contribution >= 0.6 is 0 Å². The Bertz CT molecular complexity index is 935. The van der Waals surface area contributed by atoms with Gasteiger partial charge in [-0.25, -0.2) is 9.59 Å². The maximum absolute atomic E-state index is 11.0. The monoisotopic (exact) mass is 363 g/mol. The SMILES string of the molecule is CC(C)=Cc1ccc(N2CCc3cc(C=C(C(=O)O)C(=O)O)ccc32)cc1. The molecule has 1 aliphatic heterocycles. The lowest BCUT2D eigenvalue weighted by molar-refractivity contribution is -0.140. The number of carbonyl (C=O) groups is 2. The van der Waals surface area contributed by atoms with Gasteiger partial charge in [0, 0.05) is 17.9 Å². The largest absolute Gasteiger partial charge is 0.477 e. The Hall–Kier alpha value is -3.34. The molecule has 27 heavy (non-hydrogen) atoms. The van der Waals surface area contributed by atoms with Crippen molar-refractivity contribution in [3.05, 3.63) is 70.3 Å². The van der Waals surface area contributed by atoms with Crippen molar-refractivity contribution in [1.29, 1.82) is 0 Å². The molecule has 0 atom stereocenters. The highest BCUT2D eigenvalue weighted by Crippen LogP contribution is 2.35. The number of hydrogen-bond donors (Lipinski definition) is 2. The van der Waals surface area contributed by atoms with Crippen LogP contribution in [0.3, 0.4) is 0 Å². The normalized spacial score (nSPS) is 12.3. The minimum Gasteiger partial charge on any atom is -0.477 e. The first-order valence-electron chi connectivity index (χ1n) is 8.69. The Morgan fingerprint density at radius 3 is 2.15 bits per heavy atom. The molecule has 0 aromatic heterocycles. The van der Waals surface area contributed by atoms with Crippen LogP contribution in [0.4, 0.5) is 11.4 Å². The minimum absolute atomic E-state index is 0.578. The summed E-state index contributed by atoms with van der Waals surface area (Å²) in [6, 6.07) is 13.9. The first-order chi connectivity index (χ1) is 12.8. The molecule has 2 aromatic rings. The molecule has 1 aliphatic rings. The smallest absolute Gasteiger partial charge is 0.343 e. The number of aliphatic carboxylic acids is 2. The van der Waals surface area contributed by atoms with Gasteiger partial charge >= 0.3 is 11.9 Å². The van der Waals surface area contributed by atoms with Gasteiger partial charge in [-0.1, -0.05) is 29.8 Å². The Morgan fingerprint density at radius 2 is 1.56 bits per heavy atom. The number of carboxylic acid groups (broad SMARTS) is 2. The lowest BCUT2D eigenvalue weighted by Crippen LogP contribution is -2.13. The van der Waals surface area contributed by atoms with Crippen molar-refractivity contribution < 1.29 is 19.8 Å². The van der Waals surface area contributed by atoms with E-state index in [1.165, 1.54) is 11.6 Å². The maximum Gasteiger partial charge on any atom is 0.343 e. The Labute approximate surface area is 157 Å². The van der Waals surface area contributed by atoms with Crippen LogP contribution in [-0.2, 0) is 16.0 Å². The van der Waals surface area contributed by atoms with E-state index < -0.39 is 17.5 Å². The quantitative estimate of drug-likeness (QED) is 0.469. The molecule has 2 N–H and O–H groups in total. The number of fused-ring (bicyclic) bond motifs is 1. The molecule has 0 amide bonds. The van der Waals surface area contributed by atoms with Crippen LogP contribution in [0.15, 0.2) is 53.6 Å². The summed E-state index contributed by atoms with van der Waals surface area (Å²) in [5, 5.41) is 18.0. The van der Waals surface area contributed by atoms with Crippen LogP contribution in [0.2, 0.25) is 0 Å². The van der Waals surface area contributed by atoms with Crippen LogP contribution in [0, 0.1) is 0 Å². The fourth-order valence-corrected chi connectivity index (χ4v) is 3.25. The zero-order chi connectivity index (χ0) is 19.6. The summed E-state index contributed by atoms with van der Waals surface area (Å²) >= 11 is 0. The van der Waals surface area contributed by atoms with Gasteiger partial charge in [0.1, 0.15) is 5.57 Å². The van der Waals surface area contributed by atoms with E-state index in [0.29, 0.717) is 5.56 Å². The highest BCUT2D eigenvalue weighted by Gasteiger charge is 2.21. The third-order valence-electron chi connectivity index (χ3n) is 4.43. The number of allylic oxidation sites excluding steroid dienone is 1. The summed E-state index contributed by atoms with van der Waals surface area (Å²) < 4.78 is 0. The van der Waals surface area contributed by atoms with E-state index >= 15 is 0 Å². The fourth-order valence-electron chi connectivity index (χ4n) is 3.25. The van der Waals surface area contributed by atoms with Gasteiger partial charge in [0.15, 0.2) is 0 Å². The van der Waals surface area contributed by atoms with Gasteiger partial charge in [0.2, 0.25) is 0 Å². The molecule has 0 fully saturated rings. The number of benzene rings is 2. The van der Waals surface area contributed by atoms with Crippen LogP contribution < -0.4 is 4.90 Å². The van der Waals surface area contributed by atoms with Crippen LogP contribution in [0.5, 0.6) is 0 Å². The maximum atomic E-state index is 11.0. The van der Waals surface area contributed by atoms with Crippen molar-refractivity contribution in [2.45, 2.75) is 20.3 Å². The zero-order valence-electron chi connectivity index (χ0n) is 15.3. The Morgan fingerprint density at radius 1 is 0.926 bits per heavy atom. The molecule has 3 rings (SSSR count). The fraction of sp³-hybridized carbons (Fsp3) is 0.182. The molecule has 0 spiro atoms.